The second kappa shape index (κ2) is 69.2. The summed E-state index contributed by atoms with van der Waals surface area (Å²) >= 11 is 0. The molecule has 0 rings (SSSR count). The third-order valence-electron chi connectivity index (χ3n) is 18.1. The molecule has 0 aromatic heterocycles. The van der Waals surface area contributed by atoms with Crippen LogP contribution < -0.4 is 0 Å². The van der Waals surface area contributed by atoms with Gasteiger partial charge in [-0.3, -0.25) is 37.3 Å². The summed E-state index contributed by atoms with van der Waals surface area (Å²) in [6.07, 6.45) is 58.3. The number of aliphatic hydroxyl groups excluding tert-OH is 1. The van der Waals surface area contributed by atoms with E-state index >= 15 is 0 Å². The molecular weight excluding hydrogens is 1250 g/mol. The number of phosphoric acid groups is 2. The molecule has 17 nitrogen and oxygen atoms in total. The Morgan fingerprint density at radius 3 is 0.747 bits per heavy atom. The summed E-state index contributed by atoms with van der Waals surface area (Å²) in [4.78, 5) is 72.7. The van der Waals surface area contributed by atoms with E-state index in [2.05, 4.69) is 34.6 Å². The van der Waals surface area contributed by atoms with Crippen molar-refractivity contribution in [2.24, 2.45) is 5.92 Å². The van der Waals surface area contributed by atoms with Gasteiger partial charge in [-0.05, 0) is 31.6 Å². The molecule has 0 spiro atoms. The lowest BCUT2D eigenvalue weighted by Crippen LogP contribution is -2.30. The van der Waals surface area contributed by atoms with Crippen molar-refractivity contribution in [2.45, 2.75) is 419 Å². The number of unbranched alkanes of at least 4 members (excludes halogenated alkanes) is 47. The molecule has 19 heteroatoms. The third-order valence-corrected chi connectivity index (χ3v) is 20.0. The normalized spacial score (nSPS) is 14.2. The first kappa shape index (κ1) is 93.1. The molecule has 0 saturated carbocycles. The largest absolute Gasteiger partial charge is 0.472 e. The van der Waals surface area contributed by atoms with E-state index < -0.39 is 97.5 Å². The lowest BCUT2D eigenvalue weighted by Gasteiger charge is -2.21. The van der Waals surface area contributed by atoms with E-state index in [1.54, 1.807) is 0 Å². The summed E-state index contributed by atoms with van der Waals surface area (Å²) in [6.45, 7) is 7.27. The molecule has 0 radical (unpaired) electrons. The number of carbonyl (C=O) groups is 4. The number of ether oxygens (including phenoxy) is 4. The first-order valence-corrected chi connectivity index (χ1v) is 42.7. The van der Waals surface area contributed by atoms with Crippen LogP contribution in [-0.4, -0.2) is 96.7 Å². The molecule has 3 unspecified atom stereocenters. The summed E-state index contributed by atoms with van der Waals surface area (Å²) in [5.41, 5.74) is 0. The Bertz CT molecular complexity index is 1820. The van der Waals surface area contributed by atoms with Crippen LogP contribution in [0.25, 0.3) is 0 Å². The fourth-order valence-electron chi connectivity index (χ4n) is 11.7. The lowest BCUT2D eigenvalue weighted by molar-refractivity contribution is -0.161. The maximum Gasteiger partial charge on any atom is 0.472 e. The maximum absolute atomic E-state index is 13.1. The van der Waals surface area contributed by atoms with E-state index in [9.17, 15) is 43.2 Å². The van der Waals surface area contributed by atoms with Gasteiger partial charge in [-0.2, -0.15) is 0 Å². The molecule has 564 valence electrons. The summed E-state index contributed by atoms with van der Waals surface area (Å²) in [5.74, 6) is -1.35. The first-order chi connectivity index (χ1) is 46.1. The molecule has 0 aliphatic rings. The van der Waals surface area contributed by atoms with Crippen LogP contribution in [0.4, 0.5) is 0 Å². The van der Waals surface area contributed by atoms with Crippen molar-refractivity contribution in [1.29, 1.82) is 0 Å². The van der Waals surface area contributed by atoms with E-state index in [1.807, 2.05) is 0 Å². The molecule has 0 bridgehead atoms. The highest BCUT2D eigenvalue weighted by atomic mass is 31.2. The van der Waals surface area contributed by atoms with Gasteiger partial charge >= 0.3 is 39.5 Å². The van der Waals surface area contributed by atoms with E-state index in [0.29, 0.717) is 25.7 Å². The van der Waals surface area contributed by atoms with Gasteiger partial charge in [-0.15, -0.1) is 0 Å². The number of phosphoric ester groups is 2. The van der Waals surface area contributed by atoms with E-state index in [-0.39, 0.29) is 25.7 Å². The van der Waals surface area contributed by atoms with Gasteiger partial charge in [-0.25, -0.2) is 9.13 Å². The quantitative estimate of drug-likeness (QED) is 0.0222. The van der Waals surface area contributed by atoms with Gasteiger partial charge in [0.25, 0.3) is 0 Å². The zero-order valence-corrected chi connectivity index (χ0v) is 63.6. The zero-order chi connectivity index (χ0) is 69.8. The Morgan fingerprint density at radius 2 is 0.505 bits per heavy atom. The molecule has 0 aliphatic carbocycles. The fraction of sp³-hybridized carbons (Fsp3) is 0.947. The van der Waals surface area contributed by atoms with Crippen LogP contribution in [0.1, 0.15) is 401 Å². The summed E-state index contributed by atoms with van der Waals surface area (Å²) in [7, 11) is -9.91. The summed E-state index contributed by atoms with van der Waals surface area (Å²) in [5, 5.41) is 10.6. The minimum absolute atomic E-state index is 0.105. The van der Waals surface area contributed by atoms with Crippen LogP contribution in [0.15, 0.2) is 0 Å². The predicted octanol–water partition coefficient (Wildman–Crippen LogP) is 22.5. The Morgan fingerprint density at radius 1 is 0.295 bits per heavy atom. The van der Waals surface area contributed by atoms with Gasteiger partial charge in [0.15, 0.2) is 12.2 Å². The van der Waals surface area contributed by atoms with Crippen LogP contribution in [-0.2, 0) is 65.4 Å². The van der Waals surface area contributed by atoms with E-state index in [1.165, 1.54) is 225 Å². The van der Waals surface area contributed by atoms with Crippen LogP contribution in [0.5, 0.6) is 0 Å². The number of carbonyl (C=O) groups excluding carboxylic acids is 4. The van der Waals surface area contributed by atoms with E-state index in [0.717, 1.165) is 95.8 Å². The van der Waals surface area contributed by atoms with Crippen molar-refractivity contribution in [3.05, 3.63) is 0 Å². The molecule has 0 heterocycles. The Labute approximate surface area is 581 Å². The number of aliphatic hydroxyl groups is 1. The number of hydrogen-bond acceptors (Lipinski definition) is 15. The topological polar surface area (TPSA) is 237 Å². The minimum atomic E-state index is -4.96. The summed E-state index contributed by atoms with van der Waals surface area (Å²) in [6, 6.07) is 0. The highest BCUT2D eigenvalue weighted by molar-refractivity contribution is 7.47. The monoisotopic (exact) mass is 1400 g/mol. The van der Waals surface area contributed by atoms with Crippen molar-refractivity contribution in [2.75, 3.05) is 39.6 Å². The molecule has 0 fully saturated rings. The van der Waals surface area contributed by atoms with Gasteiger partial charge in [0.1, 0.15) is 19.3 Å². The van der Waals surface area contributed by atoms with Crippen molar-refractivity contribution in [3.8, 4) is 0 Å². The molecular formula is C76H148O17P2. The molecule has 0 saturated heterocycles. The van der Waals surface area contributed by atoms with Gasteiger partial charge < -0.3 is 33.8 Å². The molecule has 0 aromatic carbocycles. The first-order valence-electron chi connectivity index (χ1n) is 39.7. The van der Waals surface area contributed by atoms with Crippen LogP contribution >= 0.6 is 15.6 Å². The van der Waals surface area contributed by atoms with Crippen LogP contribution in [0.3, 0.4) is 0 Å². The van der Waals surface area contributed by atoms with Crippen molar-refractivity contribution in [3.63, 3.8) is 0 Å². The second-order valence-electron chi connectivity index (χ2n) is 27.6. The Balaban J connectivity index is 5.21. The number of esters is 4. The Kier molecular flexibility index (Phi) is 67.7. The van der Waals surface area contributed by atoms with Crippen LogP contribution in [0.2, 0.25) is 0 Å². The lowest BCUT2D eigenvalue weighted by atomic mass is 9.99. The van der Waals surface area contributed by atoms with Gasteiger partial charge in [0, 0.05) is 25.7 Å². The molecule has 0 aliphatic heterocycles. The Hall–Kier alpha value is -1.94. The smallest absolute Gasteiger partial charge is 0.462 e. The fourth-order valence-corrected chi connectivity index (χ4v) is 13.3. The van der Waals surface area contributed by atoms with Gasteiger partial charge in [0.2, 0.25) is 0 Å². The maximum atomic E-state index is 13.1. The molecule has 3 N–H and O–H groups in total. The second-order valence-corrected chi connectivity index (χ2v) is 30.5. The van der Waals surface area contributed by atoms with Crippen molar-refractivity contribution < 1.29 is 80.2 Å². The third kappa shape index (κ3) is 69.0. The number of hydrogen-bond donors (Lipinski definition) is 3. The number of rotatable bonds is 76. The van der Waals surface area contributed by atoms with Gasteiger partial charge in [0.05, 0.1) is 26.4 Å². The van der Waals surface area contributed by atoms with Crippen molar-refractivity contribution in [1.82, 2.24) is 0 Å². The average molecular weight is 1400 g/mol. The highest BCUT2D eigenvalue weighted by Gasteiger charge is 2.30. The average Bonchev–Trinajstić information content (AvgIpc) is 2.37. The summed E-state index contributed by atoms with van der Waals surface area (Å²) < 4.78 is 68.5. The minimum Gasteiger partial charge on any atom is -0.462 e. The molecule has 6 atom stereocenters. The SMILES string of the molecule is CCCCCCCCCCCCCCCCCCCCCCC(=O)O[C@H](COC(=O)CCCCCCCCCCCCCCCC)COP(=O)(O)OC[C@@H](O)COP(=O)(O)OC[C@@H](COC(=O)CCCCCCCCCCC)OC(=O)CCCCCCCCCCC(C)CC. The van der Waals surface area contributed by atoms with Crippen molar-refractivity contribution >= 4 is 39.5 Å². The molecule has 0 aromatic rings. The zero-order valence-electron chi connectivity index (χ0n) is 61.8. The standard InChI is InChI=1S/C76H148O17P2/c1-6-10-13-16-19-22-24-26-28-29-30-31-32-33-35-37-40-46-51-56-61-75(80)92-71(66-87-74(79)60-55-50-45-39-36-34-27-25-23-20-17-14-11-7-2)67-90-94(82,83)88-63-70(77)64-89-95(84,85)91-68-72(65-86-73(78)59-54-49-44-38-21-18-15-12-8-3)93-76(81)62-57-52-47-42-41-43-48-53-58-69(5)9-4/h69-72,77H,6-68H2,1-5H3,(H,82,83)(H,84,85)/t69?,70-,71-,72-/m1/s1. The molecule has 0 amide bonds. The van der Waals surface area contributed by atoms with Crippen LogP contribution in [0, 0.1) is 5.92 Å². The van der Waals surface area contributed by atoms with E-state index in [4.69, 9.17) is 37.0 Å². The predicted molar refractivity (Wildman–Crippen MR) is 386 cm³/mol. The van der Waals surface area contributed by atoms with Gasteiger partial charge in [-0.1, -0.05) is 349 Å². The highest BCUT2D eigenvalue weighted by Crippen LogP contribution is 2.45. The molecule has 95 heavy (non-hydrogen) atoms.